The first-order valence-corrected chi connectivity index (χ1v) is 15.1. The number of nitrogens with zero attached hydrogens (tertiary/aromatic N) is 2. The maximum absolute atomic E-state index is 14.2. The maximum Gasteiger partial charge on any atom is 0.271 e. The summed E-state index contributed by atoms with van der Waals surface area (Å²) in [4.78, 5) is 33.2. The van der Waals surface area contributed by atoms with Crippen LogP contribution in [0.15, 0.2) is 124 Å². The second-order valence-electron chi connectivity index (χ2n) is 10.1. The Labute approximate surface area is 263 Å². The first-order valence-electron chi connectivity index (χ1n) is 13.9. The van der Waals surface area contributed by atoms with Gasteiger partial charge in [0, 0.05) is 16.3 Å². The number of carbonyl (C=O) groups is 1. The fourth-order valence-corrected chi connectivity index (χ4v) is 6.37. The Hall–Kier alpha value is -4.92. The summed E-state index contributed by atoms with van der Waals surface area (Å²) in [5, 5.41) is 3.61. The minimum atomic E-state index is -0.721. The molecule has 1 amide bonds. The van der Waals surface area contributed by atoms with Crippen LogP contribution in [0, 0.1) is 0 Å². The van der Waals surface area contributed by atoms with Gasteiger partial charge in [-0.2, -0.15) is 0 Å². The van der Waals surface area contributed by atoms with E-state index in [-0.39, 0.29) is 11.5 Å². The number of aromatic nitrogens is 1. The average molecular weight is 622 g/mol. The molecule has 44 heavy (non-hydrogen) atoms. The van der Waals surface area contributed by atoms with E-state index >= 15 is 0 Å². The Morgan fingerprint density at radius 3 is 2.57 bits per heavy atom. The molecule has 2 heterocycles. The van der Waals surface area contributed by atoms with Crippen molar-refractivity contribution in [3.8, 4) is 11.5 Å². The summed E-state index contributed by atoms with van der Waals surface area (Å²) in [6.45, 7) is 2.12. The Balaban J connectivity index is 1.43. The predicted octanol–water partition coefficient (Wildman–Crippen LogP) is 6.11. The third kappa shape index (κ3) is 6.08. The van der Waals surface area contributed by atoms with Crippen molar-refractivity contribution in [3.63, 3.8) is 0 Å². The molecule has 5 aromatic rings. The topological polar surface area (TPSA) is 81.9 Å². The van der Waals surface area contributed by atoms with Crippen molar-refractivity contribution in [3.05, 3.63) is 156 Å². The third-order valence-electron chi connectivity index (χ3n) is 7.20. The molecule has 6 rings (SSSR count). The minimum Gasteiger partial charge on any atom is -0.497 e. The zero-order valence-electron chi connectivity index (χ0n) is 24.0. The van der Waals surface area contributed by atoms with Crippen LogP contribution in [0.4, 0.5) is 5.69 Å². The number of fused-ring (bicyclic) bond motifs is 1. The number of hydrogen-bond donors (Lipinski definition) is 1. The monoisotopic (exact) mass is 621 g/mol. The summed E-state index contributed by atoms with van der Waals surface area (Å²) < 4.78 is 13.7. The first kappa shape index (κ1) is 29.2. The van der Waals surface area contributed by atoms with Gasteiger partial charge in [0.15, 0.2) is 4.80 Å². The van der Waals surface area contributed by atoms with Gasteiger partial charge < -0.3 is 14.8 Å². The molecule has 0 bridgehead atoms. The normalized spacial score (nSPS) is 14.5. The summed E-state index contributed by atoms with van der Waals surface area (Å²) in [6.07, 6.45) is 1.81. The van der Waals surface area contributed by atoms with Gasteiger partial charge in [0.1, 0.15) is 18.1 Å². The van der Waals surface area contributed by atoms with Gasteiger partial charge in [-0.1, -0.05) is 83.6 Å². The summed E-state index contributed by atoms with van der Waals surface area (Å²) in [7, 11) is 1.58. The van der Waals surface area contributed by atoms with Gasteiger partial charge in [-0.3, -0.25) is 14.2 Å². The number of ether oxygens (including phenoxy) is 2. The maximum atomic E-state index is 14.2. The number of carbonyl (C=O) groups excluding carboxylic acids is 1. The number of benzene rings is 4. The van der Waals surface area contributed by atoms with Crippen molar-refractivity contribution in [2.24, 2.45) is 4.99 Å². The Morgan fingerprint density at radius 1 is 1.00 bits per heavy atom. The van der Waals surface area contributed by atoms with Crippen LogP contribution in [-0.4, -0.2) is 17.6 Å². The van der Waals surface area contributed by atoms with Crippen LogP contribution in [0.3, 0.4) is 0 Å². The van der Waals surface area contributed by atoms with Gasteiger partial charge in [-0.25, -0.2) is 4.99 Å². The Kier molecular flexibility index (Phi) is 8.45. The van der Waals surface area contributed by atoms with E-state index in [0.717, 1.165) is 16.7 Å². The molecule has 9 heteroatoms. The van der Waals surface area contributed by atoms with Crippen LogP contribution < -0.4 is 29.7 Å². The van der Waals surface area contributed by atoms with Crippen molar-refractivity contribution >= 4 is 40.6 Å². The van der Waals surface area contributed by atoms with Crippen LogP contribution in [0.5, 0.6) is 11.5 Å². The van der Waals surface area contributed by atoms with E-state index in [9.17, 15) is 9.59 Å². The standard InChI is InChI=1S/C35H28ClN3O4S/c1-22-31(33(40)38-27-14-4-3-5-15-27)32(25-12-9-16-28(19-25)42-2)39-34(41)30(44-35(39)37-22)20-24-11-6-7-17-29(24)43-21-23-10-8-13-26(36)18-23/h3-20,32H,21H2,1-2H3,(H,38,40)/b30-20-/t32-/m1/s1. The molecular formula is C35H28ClN3O4S. The number of nitrogens with one attached hydrogen (secondary N) is 1. The molecule has 1 N–H and O–H groups in total. The number of hydrogen-bond acceptors (Lipinski definition) is 6. The zero-order chi connectivity index (χ0) is 30.6. The Bertz CT molecular complexity index is 2070. The highest BCUT2D eigenvalue weighted by molar-refractivity contribution is 7.07. The number of anilines is 1. The number of para-hydroxylation sites is 2. The van der Waals surface area contributed by atoms with Crippen molar-refractivity contribution in [2.45, 2.75) is 19.6 Å². The molecule has 1 aliphatic heterocycles. The molecular weight excluding hydrogens is 594 g/mol. The van der Waals surface area contributed by atoms with Gasteiger partial charge in [0.05, 0.1) is 29.0 Å². The fourth-order valence-electron chi connectivity index (χ4n) is 5.12. The number of rotatable bonds is 8. The van der Waals surface area contributed by atoms with Gasteiger partial charge in [-0.15, -0.1) is 0 Å². The smallest absolute Gasteiger partial charge is 0.271 e. The molecule has 220 valence electrons. The van der Waals surface area contributed by atoms with E-state index in [1.54, 1.807) is 18.6 Å². The van der Waals surface area contributed by atoms with Crippen LogP contribution >= 0.6 is 22.9 Å². The summed E-state index contributed by atoms with van der Waals surface area (Å²) >= 11 is 7.41. The lowest BCUT2D eigenvalue weighted by atomic mass is 9.95. The number of methoxy groups -OCH3 is 1. The average Bonchev–Trinajstić information content (AvgIpc) is 3.34. The highest BCUT2D eigenvalue weighted by Gasteiger charge is 2.32. The van der Waals surface area contributed by atoms with Gasteiger partial charge >= 0.3 is 0 Å². The second-order valence-corrected chi connectivity index (χ2v) is 11.6. The lowest BCUT2D eigenvalue weighted by Crippen LogP contribution is -2.40. The number of allylic oxidation sites excluding steroid dienone is 1. The summed E-state index contributed by atoms with van der Waals surface area (Å²) in [5.41, 5.74) is 3.71. The molecule has 7 nitrogen and oxygen atoms in total. The molecule has 0 aliphatic carbocycles. The molecule has 1 aliphatic rings. The van der Waals surface area contributed by atoms with Gasteiger partial charge in [0.2, 0.25) is 0 Å². The van der Waals surface area contributed by atoms with E-state index in [1.807, 2.05) is 109 Å². The lowest BCUT2D eigenvalue weighted by Gasteiger charge is -2.25. The number of thiazole rings is 1. The highest BCUT2D eigenvalue weighted by Crippen LogP contribution is 2.32. The van der Waals surface area contributed by atoms with E-state index in [1.165, 1.54) is 11.3 Å². The molecule has 0 spiro atoms. The van der Waals surface area contributed by atoms with Crippen LogP contribution in [-0.2, 0) is 11.4 Å². The van der Waals surface area contributed by atoms with E-state index in [2.05, 4.69) is 5.32 Å². The zero-order valence-corrected chi connectivity index (χ0v) is 25.6. The van der Waals surface area contributed by atoms with E-state index < -0.39 is 6.04 Å². The molecule has 0 fully saturated rings. The van der Waals surface area contributed by atoms with Gasteiger partial charge in [-0.05, 0) is 66.6 Å². The third-order valence-corrected chi connectivity index (χ3v) is 8.41. The van der Waals surface area contributed by atoms with Crippen LogP contribution in [0.25, 0.3) is 6.08 Å². The Morgan fingerprint density at radius 2 is 1.77 bits per heavy atom. The van der Waals surface area contributed by atoms with Crippen LogP contribution in [0.1, 0.15) is 29.7 Å². The quantitative estimate of drug-likeness (QED) is 0.227. The molecule has 1 aromatic heterocycles. The summed E-state index contributed by atoms with van der Waals surface area (Å²) in [5.74, 6) is 0.911. The van der Waals surface area contributed by atoms with Crippen molar-refractivity contribution in [1.82, 2.24) is 4.57 Å². The largest absolute Gasteiger partial charge is 0.497 e. The first-order chi connectivity index (χ1) is 21.4. The molecule has 0 saturated carbocycles. The molecule has 4 aromatic carbocycles. The number of halogens is 1. The van der Waals surface area contributed by atoms with E-state index in [4.69, 9.17) is 26.1 Å². The second kappa shape index (κ2) is 12.8. The predicted molar refractivity (Wildman–Crippen MR) is 174 cm³/mol. The SMILES string of the molecule is COc1cccc([C@@H]2C(C(=O)Nc3ccccc3)=C(C)N=c3s/c(=C\c4ccccc4OCc4cccc(Cl)c4)c(=O)n32)c1. The van der Waals surface area contributed by atoms with Crippen molar-refractivity contribution in [1.29, 1.82) is 0 Å². The molecule has 0 saturated heterocycles. The molecule has 1 atom stereocenters. The highest BCUT2D eigenvalue weighted by atomic mass is 35.5. The molecule has 0 unspecified atom stereocenters. The number of amides is 1. The lowest BCUT2D eigenvalue weighted by molar-refractivity contribution is -0.113. The van der Waals surface area contributed by atoms with Crippen LogP contribution in [0.2, 0.25) is 5.02 Å². The van der Waals surface area contributed by atoms with Crippen molar-refractivity contribution in [2.75, 3.05) is 12.4 Å². The van der Waals surface area contributed by atoms with Crippen molar-refractivity contribution < 1.29 is 14.3 Å². The fraction of sp³-hybridized carbons (Fsp3) is 0.114. The summed E-state index contributed by atoms with van der Waals surface area (Å²) in [6, 6.07) is 30.9. The minimum absolute atomic E-state index is 0.260. The van der Waals surface area contributed by atoms with Gasteiger partial charge in [0.25, 0.3) is 11.5 Å². The molecule has 0 radical (unpaired) electrons. The van der Waals surface area contributed by atoms with E-state index in [0.29, 0.717) is 49.4 Å².